The SMILES string of the molecule is CCOC(=O)C=C(C)c1ccc(C2CCCCC2)cc1. The molecule has 1 aromatic carbocycles. The van der Waals surface area contributed by atoms with E-state index in [-0.39, 0.29) is 5.97 Å². The zero-order valence-corrected chi connectivity index (χ0v) is 12.5. The molecule has 1 aliphatic carbocycles. The number of ether oxygens (including phenoxy) is 1. The Morgan fingerprint density at radius 1 is 1.20 bits per heavy atom. The molecule has 1 aliphatic rings. The molecule has 0 aliphatic heterocycles. The molecule has 0 bridgehead atoms. The van der Waals surface area contributed by atoms with Gasteiger partial charge in [0.25, 0.3) is 0 Å². The standard InChI is InChI=1S/C18H24O2/c1-3-20-18(19)13-14(2)15-9-11-17(12-10-15)16-7-5-4-6-8-16/h9-13,16H,3-8H2,1-2H3. The molecule has 20 heavy (non-hydrogen) atoms. The third kappa shape index (κ3) is 3.96. The van der Waals surface area contributed by atoms with Gasteiger partial charge in [0.05, 0.1) is 6.61 Å². The summed E-state index contributed by atoms with van der Waals surface area (Å²) in [7, 11) is 0. The van der Waals surface area contributed by atoms with Gasteiger partial charge < -0.3 is 4.74 Å². The fraction of sp³-hybridized carbons (Fsp3) is 0.500. The van der Waals surface area contributed by atoms with Crippen LogP contribution in [0.15, 0.2) is 30.3 Å². The molecule has 2 heteroatoms. The van der Waals surface area contributed by atoms with Gasteiger partial charge in [0.2, 0.25) is 0 Å². The van der Waals surface area contributed by atoms with Crippen molar-refractivity contribution in [3.05, 3.63) is 41.5 Å². The maximum Gasteiger partial charge on any atom is 0.331 e. The van der Waals surface area contributed by atoms with E-state index < -0.39 is 0 Å². The van der Waals surface area contributed by atoms with E-state index in [1.54, 1.807) is 6.08 Å². The fourth-order valence-electron chi connectivity index (χ4n) is 2.90. The summed E-state index contributed by atoms with van der Waals surface area (Å²) in [5.41, 5.74) is 3.49. The summed E-state index contributed by atoms with van der Waals surface area (Å²) in [4.78, 5) is 11.4. The number of allylic oxidation sites excluding steroid dienone is 1. The molecule has 0 heterocycles. The van der Waals surface area contributed by atoms with Crippen molar-refractivity contribution in [2.75, 3.05) is 6.61 Å². The van der Waals surface area contributed by atoms with Crippen LogP contribution < -0.4 is 0 Å². The predicted octanol–water partition coefficient (Wildman–Crippen LogP) is 4.70. The third-order valence-electron chi connectivity index (χ3n) is 4.06. The second-order valence-corrected chi connectivity index (χ2v) is 5.54. The number of rotatable bonds is 4. The lowest BCUT2D eigenvalue weighted by molar-refractivity contribution is -0.137. The lowest BCUT2D eigenvalue weighted by Crippen LogP contribution is -2.04. The van der Waals surface area contributed by atoms with Crippen molar-refractivity contribution < 1.29 is 9.53 Å². The summed E-state index contributed by atoms with van der Waals surface area (Å²) in [6.07, 6.45) is 8.30. The molecule has 0 saturated heterocycles. The average molecular weight is 272 g/mol. The quantitative estimate of drug-likeness (QED) is 0.586. The zero-order valence-electron chi connectivity index (χ0n) is 12.5. The summed E-state index contributed by atoms with van der Waals surface area (Å²) in [5.74, 6) is 0.466. The van der Waals surface area contributed by atoms with E-state index in [4.69, 9.17) is 4.74 Å². The maximum absolute atomic E-state index is 11.4. The van der Waals surface area contributed by atoms with Crippen molar-refractivity contribution in [1.29, 1.82) is 0 Å². The van der Waals surface area contributed by atoms with Crippen LogP contribution in [0.25, 0.3) is 5.57 Å². The largest absolute Gasteiger partial charge is 0.463 e. The van der Waals surface area contributed by atoms with E-state index in [1.807, 2.05) is 13.8 Å². The highest BCUT2D eigenvalue weighted by molar-refractivity contribution is 5.90. The van der Waals surface area contributed by atoms with E-state index in [1.165, 1.54) is 37.7 Å². The van der Waals surface area contributed by atoms with Crippen LogP contribution in [-0.4, -0.2) is 12.6 Å². The molecule has 1 aromatic rings. The van der Waals surface area contributed by atoms with Gasteiger partial charge in [0.15, 0.2) is 0 Å². The topological polar surface area (TPSA) is 26.3 Å². The fourth-order valence-corrected chi connectivity index (χ4v) is 2.90. The van der Waals surface area contributed by atoms with Gasteiger partial charge in [-0.1, -0.05) is 43.5 Å². The van der Waals surface area contributed by atoms with Gasteiger partial charge in [-0.2, -0.15) is 0 Å². The minimum absolute atomic E-state index is 0.263. The zero-order chi connectivity index (χ0) is 14.4. The molecule has 2 rings (SSSR count). The van der Waals surface area contributed by atoms with Crippen LogP contribution in [0.4, 0.5) is 0 Å². The normalized spacial score (nSPS) is 17.0. The minimum atomic E-state index is -0.263. The molecule has 0 unspecified atom stereocenters. The Morgan fingerprint density at radius 3 is 2.45 bits per heavy atom. The molecule has 0 spiro atoms. The number of benzene rings is 1. The number of esters is 1. The second kappa shape index (κ2) is 7.28. The van der Waals surface area contributed by atoms with Crippen molar-refractivity contribution in [2.24, 2.45) is 0 Å². The number of carbonyl (C=O) groups excluding carboxylic acids is 1. The lowest BCUT2D eigenvalue weighted by Gasteiger charge is -2.22. The number of carbonyl (C=O) groups is 1. The molecule has 0 atom stereocenters. The molecule has 2 nitrogen and oxygen atoms in total. The van der Waals surface area contributed by atoms with Crippen LogP contribution in [0.3, 0.4) is 0 Å². The third-order valence-corrected chi connectivity index (χ3v) is 4.06. The van der Waals surface area contributed by atoms with Gasteiger partial charge in [-0.05, 0) is 49.3 Å². The molecule has 108 valence electrons. The van der Waals surface area contributed by atoms with E-state index in [0.717, 1.165) is 17.1 Å². The van der Waals surface area contributed by atoms with Crippen molar-refractivity contribution in [2.45, 2.75) is 51.9 Å². The van der Waals surface area contributed by atoms with E-state index in [2.05, 4.69) is 24.3 Å². The first-order valence-electron chi connectivity index (χ1n) is 7.66. The van der Waals surface area contributed by atoms with Crippen molar-refractivity contribution in [3.8, 4) is 0 Å². The van der Waals surface area contributed by atoms with E-state index in [9.17, 15) is 4.79 Å². The number of hydrogen-bond acceptors (Lipinski definition) is 2. The first-order chi connectivity index (χ1) is 9.70. The highest BCUT2D eigenvalue weighted by atomic mass is 16.5. The molecular weight excluding hydrogens is 248 g/mol. The highest BCUT2D eigenvalue weighted by Gasteiger charge is 2.15. The predicted molar refractivity (Wildman–Crippen MR) is 82.6 cm³/mol. The van der Waals surface area contributed by atoms with Crippen LogP contribution in [0, 0.1) is 0 Å². The summed E-state index contributed by atoms with van der Waals surface area (Å²) >= 11 is 0. The second-order valence-electron chi connectivity index (χ2n) is 5.54. The van der Waals surface area contributed by atoms with Gasteiger partial charge in [-0.3, -0.25) is 0 Å². The Kier molecular flexibility index (Phi) is 5.40. The molecule has 0 amide bonds. The monoisotopic (exact) mass is 272 g/mol. The molecule has 1 saturated carbocycles. The van der Waals surface area contributed by atoms with Gasteiger partial charge in [0, 0.05) is 6.08 Å². The molecule has 0 aromatic heterocycles. The minimum Gasteiger partial charge on any atom is -0.463 e. The van der Waals surface area contributed by atoms with E-state index in [0.29, 0.717) is 6.61 Å². The van der Waals surface area contributed by atoms with Crippen molar-refractivity contribution >= 4 is 11.5 Å². The first-order valence-corrected chi connectivity index (χ1v) is 7.66. The summed E-state index contributed by atoms with van der Waals surface area (Å²) in [6, 6.07) is 8.67. The van der Waals surface area contributed by atoms with Crippen LogP contribution >= 0.6 is 0 Å². The number of hydrogen-bond donors (Lipinski definition) is 0. The Balaban J connectivity index is 2.05. The summed E-state index contributed by atoms with van der Waals surface area (Å²) < 4.78 is 4.94. The van der Waals surface area contributed by atoms with Crippen molar-refractivity contribution in [3.63, 3.8) is 0 Å². The van der Waals surface area contributed by atoms with Gasteiger partial charge in [-0.25, -0.2) is 4.79 Å². The molecule has 0 N–H and O–H groups in total. The molecule has 0 radical (unpaired) electrons. The summed E-state index contributed by atoms with van der Waals surface area (Å²) in [6.45, 7) is 4.19. The Bertz CT molecular complexity index is 465. The van der Waals surface area contributed by atoms with Gasteiger partial charge in [-0.15, -0.1) is 0 Å². The van der Waals surface area contributed by atoms with Crippen molar-refractivity contribution in [1.82, 2.24) is 0 Å². The smallest absolute Gasteiger partial charge is 0.331 e. The summed E-state index contributed by atoms with van der Waals surface area (Å²) in [5, 5.41) is 0. The van der Waals surface area contributed by atoms with Crippen LogP contribution in [0.2, 0.25) is 0 Å². The van der Waals surface area contributed by atoms with E-state index >= 15 is 0 Å². The Morgan fingerprint density at radius 2 is 1.85 bits per heavy atom. The van der Waals surface area contributed by atoms with Crippen LogP contribution in [0.1, 0.15) is 63.0 Å². The average Bonchev–Trinajstić information content (AvgIpc) is 2.48. The Labute approximate surface area is 121 Å². The molecule has 1 fully saturated rings. The first kappa shape index (κ1) is 14.8. The Hall–Kier alpha value is -1.57. The van der Waals surface area contributed by atoms with Crippen LogP contribution in [0.5, 0.6) is 0 Å². The van der Waals surface area contributed by atoms with Gasteiger partial charge >= 0.3 is 5.97 Å². The molecular formula is C18H24O2. The van der Waals surface area contributed by atoms with Gasteiger partial charge in [0.1, 0.15) is 0 Å². The highest BCUT2D eigenvalue weighted by Crippen LogP contribution is 2.33. The lowest BCUT2D eigenvalue weighted by atomic mass is 9.84. The maximum atomic E-state index is 11.4. The van der Waals surface area contributed by atoms with Crippen LogP contribution in [-0.2, 0) is 9.53 Å².